The van der Waals surface area contributed by atoms with Gasteiger partial charge < -0.3 is 18.6 Å². The second kappa shape index (κ2) is 7.17. The van der Waals surface area contributed by atoms with Gasteiger partial charge in [-0.1, -0.05) is 6.07 Å². The van der Waals surface area contributed by atoms with Crippen molar-refractivity contribution in [1.82, 2.24) is 14.5 Å². The third-order valence-electron chi connectivity index (χ3n) is 4.64. The summed E-state index contributed by atoms with van der Waals surface area (Å²) >= 11 is 0. The van der Waals surface area contributed by atoms with Gasteiger partial charge in [0.1, 0.15) is 0 Å². The van der Waals surface area contributed by atoms with Crippen LogP contribution in [0.25, 0.3) is 0 Å². The number of aromatic nitrogens is 2. The number of carbonyl (C=O) groups excluding carboxylic acids is 1. The van der Waals surface area contributed by atoms with E-state index >= 15 is 0 Å². The number of nitrogens with zero attached hydrogens (tertiary/aromatic N) is 3. The molecule has 1 aliphatic rings. The lowest BCUT2D eigenvalue weighted by molar-refractivity contribution is 0.00847. The first-order valence-electron chi connectivity index (χ1n) is 8.69. The van der Waals surface area contributed by atoms with Crippen LogP contribution in [-0.2, 0) is 24.4 Å². The van der Waals surface area contributed by atoms with Gasteiger partial charge in [-0.25, -0.2) is 0 Å². The van der Waals surface area contributed by atoms with Crippen LogP contribution < -0.4 is 0 Å². The summed E-state index contributed by atoms with van der Waals surface area (Å²) in [7, 11) is 0. The molecule has 3 aromatic heterocycles. The van der Waals surface area contributed by atoms with Crippen LogP contribution in [0.2, 0.25) is 0 Å². The van der Waals surface area contributed by atoms with Crippen LogP contribution in [0, 0.1) is 6.92 Å². The number of amides is 1. The van der Waals surface area contributed by atoms with Crippen LogP contribution in [0.1, 0.15) is 27.5 Å². The van der Waals surface area contributed by atoms with Gasteiger partial charge >= 0.3 is 0 Å². The van der Waals surface area contributed by atoms with Crippen LogP contribution in [0.3, 0.4) is 0 Å². The molecule has 1 atom stereocenters. The van der Waals surface area contributed by atoms with Crippen molar-refractivity contribution in [3.8, 4) is 0 Å². The molecule has 0 spiro atoms. The Bertz CT molecular complexity index is 885. The second-order valence-electron chi connectivity index (χ2n) is 6.52. The van der Waals surface area contributed by atoms with E-state index in [4.69, 9.17) is 9.15 Å². The molecule has 4 heterocycles. The average molecular weight is 351 g/mol. The summed E-state index contributed by atoms with van der Waals surface area (Å²) in [5, 5.41) is 0. The van der Waals surface area contributed by atoms with Gasteiger partial charge in [-0.15, -0.1) is 0 Å². The fourth-order valence-corrected chi connectivity index (χ4v) is 3.24. The van der Waals surface area contributed by atoms with E-state index in [2.05, 4.69) is 9.55 Å². The Morgan fingerprint density at radius 1 is 1.27 bits per heavy atom. The third kappa shape index (κ3) is 3.41. The minimum absolute atomic E-state index is 0.103. The summed E-state index contributed by atoms with van der Waals surface area (Å²) in [4.78, 5) is 19.0. The molecule has 0 saturated carbocycles. The summed E-state index contributed by atoms with van der Waals surface area (Å²) in [6.07, 6.45) is 5.21. The zero-order valence-corrected chi connectivity index (χ0v) is 14.7. The summed E-state index contributed by atoms with van der Waals surface area (Å²) in [5.74, 6) is 0.294. The van der Waals surface area contributed by atoms with Crippen LogP contribution >= 0.6 is 0 Å². The predicted octanol–water partition coefficient (Wildman–Crippen LogP) is 3.03. The molecule has 4 rings (SSSR count). The average Bonchev–Trinajstić information content (AvgIpc) is 3.24. The van der Waals surface area contributed by atoms with Crippen LogP contribution in [0.15, 0.2) is 59.5 Å². The van der Waals surface area contributed by atoms with Gasteiger partial charge in [0.05, 0.1) is 37.8 Å². The molecule has 26 heavy (non-hydrogen) atoms. The molecular weight excluding hydrogens is 330 g/mol. The quantitative estimate of drug-likeness (QED) is 0.725. The standard InChI is InChI=1S/C20H21N3O3/c1-15-7-10-25-19(15)20(24)23-11-17-6-4-9-22(17)12-18(13-23)26-14-16-5-2-3-8-21-16/h2-10,18H,11-14H2,1H3/t18-/m0/s1. The maximum atomic E-state index is 12.9. The lowest BCUT2D eigenvalue weighted by Gasteiger charge is -2.24. The van der Waals surface area contributed by atoms with Crippen molar-refractivity contribution < 1.29 is 13.9 Å². The number of pyridine rings is 1. The van der Waals surface area contributed by atoms with Crippen LogP contribution in [0.4, 0.5) is 0 Å². The van der Waals surface area contributed by atoms with Crippen molar-refractivity contribution in [1.29, 1.82) is 0 Å². The minimum Gasteiger partial charge on any atom is -0.459 e. The molecule has 0 aliphatic carbocycles. The molecule has 0 aromatic carbocycles. The highest BCUT2D eigenvalue weighted by Crippen LogP contribution is 2.20. The maximum Gasteiger partial charge on any atom is 0.290 e. The van der Waals surface area contributed by atoms with E-state index in [-0.39, 0.29) is 12.0 Å². The molecule has 0 radical (unpaired) electrons. The summed E-state index contributed by atoms with van der Waals surface area (Å²) in [6.45, 7) is 4.05. The Labute approximate surface area is 152 Å². The van der Waals surface area contributed by atoms with Gasteiger partial charge in [-0.05, 0) is 37.3 Å². The van der Waals surface area contributed by atoms with Crippen molar-refractivity contribution >= 4 is 5.91 Å². The van der Waals surface area contributed by atoms with Gasteiger partial charge in [-0.2, -0.15) is 0 Å². The fourth-order valence-electron chi connectivity index (χ4n) is 3.24. The minimum atomic E-state index is -0.120. The van der Waals surface area contributed by atoms with Gasteiger partial charge in [-0.3, -0.25) is 9.78 Å². The van der Waals surface area contributed by atoms with Gasteiger partial charge in [0.25, 0.3) is 5.91 Å². The molecule has 0 fully saturated rings. The molecule has 0 saturated heterocycles. The molecule has 1 amide bonds. The topological polar surface area (TPSA) is 60.5 Å². The van der Waals surface area contributed by atoms with E-state index in [1.54, 1.807) is 17.4 Å². The number of furan rings is 1. The zero-order chi connectivity index (χ0) is 17.9. The summed E-state index contributed by atoms with van der Waals surface area (Å²) in [5.41, 5.74) is 2.82. The van der Waals surface area contributed by atoms with Gasteiger partial charge in [0.15, 0.2) is 5.76 Å². The Morgan fingerprint density at radius 3 is 2.96 bits per heavy atom. The van der Waals surface area contributed by atoms with Crippen molar-refractivity contribution in [3.05, 3.63) is 77.8 Å². The number of hydrogen-bond acceptors (Lipinski definition) is 4. The second-order valence-corrected chi connectivity index (χ2v) is 6.52. The largest absolute Gasteiger partial charge is 0.459 e. The van der Waals surface area contributed by atoms with E-state index in [0.29, 0.717) is 32.0 Å². The molecule has 0 bridgehead atoms. The Morgan fingerprint density at radius 2 is 2.19 bits per heavy atom. The Hall–Kier alpha value is -2.86. The fraction of sp³-hybridized carbons (Fsp3) is 0.300. The number of carbonyl (C=O) groups is 1. The van der Waals surface area contributed by atoms with Crippen LogP contribution in [0.5, 0.6) is 0 Å². The predicted molar refractivity (Wildman–Crippen MR) is 95.4 cm³/mol. The molecular formula is C20H21N3O3. The molecule has 0 N–H and O–H groups in total. The normalized spacial score (nSPS) is 17.0. The number of aryl methyl sites for hydroxylation is 1. The third-order valence-corrected chi connectivity index (χ3v) is 4.64. The lowest BCUT2D eigenvalue weighted by atomic mass is 10.2. The Kier molecular flexibility index (Phi) is 4.58. The number of hydrogen-bond donors (Lipinski definition) is 0. The smallest absolute Gasteiger partial charge is 0.290 e. The maximum absolute atomic E-state index is 12.9. The number of rotatable bonds is 4. The highest BCUT2D eigenvalue weighted by atomic mass is 16.5. The summed E-state index contributed by atoms with van der Waals surface area (Å²) in [6, 6.07) is 11.6. The first-order valence-corrected chi connectivity index (χ1v) is 8.69. The van der Waals surface area contributed by atoms with Crippen LogP contribution in [-0.4, -0.2) is 33.0 Å². The van der Waals surface area contributed by atoms with E-state index in [0.717, 1.165) is 17.0 Å². The first kappa shape index (κ1) is 16.6. The van der Waals surface area contributed by atoms with E-state index < -0.39 is 0 Å². The van der Waals surface area contributed by atoms with Gasteiger partial charge in [0.2, 0.25) is 0 Å². The van der Waals surface area contributed by atoms with Crippen molar-refractivity contribution in [2.45, 2.75) is 32.7 Å². The van der Waals surface area contributed by atoms with E-state index in [9.17, 15) is 4.79 Å². The molecule has 134 valence electrons. The Balaban J connectivity index is 1.53. The highest BCUT2D eigenvalue weighted by Gasteiger charge is 2.28. The van der Waals surface area contributed by atoms with Crippen molar-refractivity contribution in [3.63, 3.8) is 0 Å². The van der Waals surface area contributed by atoms with Crippen molar-refractivity contribution in [2.24, 2.45) is 0 Å². The van der Waals surface area contributed by atoms with E-state index in [1.807, 2.05) is 49.5 Å². The SMILES string of the molecule is Cc1ccoc1C(=O)N1Cc2cccn2C[C@H](OCc2ccccn2)C1. The molecule has 6 heteroatoms. The lowest BCUT2D eigenvalue weighted by Crippen LogP contribution is -2.37. The van der Waals surface area contributed by atoms with Crippen molar-refractivity contribution in [2.75, 3.05) is 6.54 Å². The number of ether oxygens (including phenoxy) is 1. The number of fused-ring (bicyclic) bond motifs is 1. The van der Waals surface area contributed by atoms with Gasteiger partial charge in [0, 0.05) is 30.2 Å². The molecule has 1 aliphatic heterocycles. The molecule has 6 nitrogen and oxygen atoms in total. The molecule has 0 unspecified atom stereocenters. The zero-order valence-electron chi connectivity index (χ0n) is 14.7. The van der Waals surface area contributed by atoms with E-state index in [1.165, 1.54) is 0 Å². The summed E-state index contributed by atoms with van der Waals surface area (Å²) < 4.78 is 13.6. The monoisotopic (exact) mass is 351 g/mol. The molecule has 3 aromatic rings. The highest BCUT2D eigenvalue weighted by molar-refractivity contribution is 5.92. The first-order chi connectivity index (χ1) is 12.7.